The van der Waals surface area contributed by atoms with E-state index in [1.807, 2.05) is 41.4 Å². The zero-order valence-electron chi connectivity index (χ0n) is 18.4. The molecule has 1 saturated heterocycles. The van der Waals surface area contributed by atoms with Gasteiger partial charge in [0, 0.05) is 25.4 Å². The van der Waals surface area contributed by atoms with E-state index in [2.05, 4.69) is 43.5 Å². The van der Waals surface area contributed by atoms with Gasteiger partial charge in [-0.3, -0.25) is 19.5 Å². The number of likely N-dealkylation sites (N-methyl/N-ethyl adjacent to an activating group) is 1. The summed E-state index contributed by atoms with van der Waals surface area (Å²) in [6.07, 6.45) is 2.97. The minimum Gasteiger partial charge on any atom is -0.302 e. The van der Waals surface area contributed by atoms with E-state index < -0.39 is 12.2 Å². The van der Waals surface area contributed by atoms with Crippen LogP contribution >= 0.6 is 0 Å². The molecule has 5 rings (SSSR count). The van der Waals surface area contributed by atoms with E-state index in [0.29, 0.717) is 5.96 Å². The highest BCUT2D eigenvalue weighted by atomic mass is 16.2. The molecule has 2 unspecified atom stereocenters. The van der Waals surface area contributed by atoms with Crippen molar-refractivity contribution in [3.8, 4) is 0 Å². The van der Waals surface area contributed by atoms with Crippen molar-refractivity contribution < 1.29 is 9.59 Å². The van der Waals surface area contributed by atoms with Gasteiger partial charge >= 0.3 is 6.03 Å². The van der Waals surface area contributed by atoms with Crippen LogP contribution in [0.4, 0.5) is 10.5 Å². The Morgan fingerprint density at radius 2 is 1.84 bits per heavy atom. The number of fused-ring (bicyclic) bond motifs is 3. The highest BCUT2D eigenvalue weighted by Crippen LogP contribution is 2.41. The first kappa shape index (κ1) is 20.1. The molecule has 32 heavy (non-hydrogen) atoms. The summed E-state index contributed by atoms with van der Waals surface area (Å²) >= 11 is 0. The van der Waals surface area contributed by atoms with Crippen molar-refractivity contribution in [3.63, 3.8) is 0 Å². The Bertz CT molecular complexity index is 1190. The molecule has 0 aliphatic carbocycles. The summed E-state index contributed by atoms with van der Waals surface area (Å²) in [5, 5.41) is 0. The maximum atomic E-state index is 13.4. The summed E-state index contributed by atoms with van der Waals surface area (Å²) in [4.78, 5) is 37.8. The summed E-state index contributed by atoms with van der Waals surface area (Å²) in [5.74, 6) is 0.391. The van der Waals surface area contributed by atoms with Gasteiger partial charge in [-0.2, -0.15) is 0 Å². The van der Waals surface area contributed by atoms with Gasteiger partial charge < -0.3 is 4.90 Å². The fourth-order valence-corrected chi connectivity index (χ4v) is 4.64. The lowest BCUT2D eigenvalue weighted by atomic mass is 10.1. The number of nitrogens with zero attached hydrogens (tertiary/aromatic N) is 5. The highest BCUT2D eigenvalue weighted by Gasteiger charge is 2.54. The van der Waals surface area contributed by atoms with Gasteiger partial charge in [-0.05, 0) is 25.5 Å². The molecule has 3 amide bonds. The third-order valence-corrected chi connectivity index (χ3v) is 6.19. The predicted octanol–water partition coefficient (Wildman–Crippen LogP) is 3.57. The number of guanidine groups is 1. The predicted molar refractivity (Wildman–Crippen MR) is 125 cm³/mol. The molecule has 0 radical (unpaired) electrons. The van der Waals surface area contributed by atoms with E-state index >= 15 is 0 Å². The Labute approximate surface area is 187 Å². The zero-order valence-corrected chi connectivity index (χ0v) is 18.4. The average Bonchev–Trinajstić information content (AvgIpc) is 3.33. The van der Waals surface area contributed by atoms with Crippen LogP contribution in [-0.2, 0) is 4.79 Å². The van der Waals surface area contributed by atoms with Crippen molar-refractivity contribution in [2.45, 2.75) is 26.1 Å². The highest BCUT2D eigenvalue weighted by molar-refractivity contribution is 6.16. The number of amides is 3. The number of anilines is 1. The molecule has 3 aliphatic rings. The Morgan fingerprint density at radius 3 is 2.53 bits per heavy atom. The van der Waals surface area contributed by atoms with Crippen LogP contribution in [0.5, 0.6) is 0 Å². The topological polar surface area (TPSA) is 59.5 Å². The second kappa shape index (κ2) is 7.37. The minimum absolute atomic E-state index is 0.171. The molecule has 0 aromatic heterocycles. The zero-order chi connectivity index (χ0) is 22.6. The van der Waals surface area contributed by atoms with Crippen LogP contribution in [0.15, 0.2) is 72.4 Å². The third kappa shape index (κ3) is 2.85. The molecule has 1 fully saturated rings. The van der Waals surface area contributed by atoms with Crippen molar-refractivity contribution in [3.05, 3.63) is 84.1 Å². The van der Waals surface area contributed by atoms with Gasteiger partial charge in [0.2, 0.25) is 5.96 Å². The Balaban J connectivity index is 1.65. The molecule has 2 aromatic carbocycles. The molecule has 7 nitrogen and oxygen atoms in total. The van der Waals surface area contributed by atoms with Gasteiger partial charge in [0.1, 0.15) is 0 Å². The number of urea groups is 1. The summed E-state index contributed by atoms with van der Waals surface area (Å²) in [6.45, 7) is 8.00. The van der Waals surface area contributed by atoms with Gasteiger partial charge in [0.05, 0.1) is 11.4 Å². The van der Waals surface area contributed by atoms with Crippen LogP contribution in [0, 0.1) is 13.8 Å². The normalized spacial score (nSPS) is 22.1. The van der Waals surface area contributed by atoms with Gasteiger partial charge in [-0.15, -0.1) is 6.58 Å². The van der Waals surface area contributed by atoms with Crippen molar-refractivity contribution in [1.82, 2.24) is 14.7 Å². The van der Waals surface area contributed by atoms with Crippen LogP contribution in [0.2, 0.25) is 0 Å². The molecular formula is C25H25N5O2. The van der Waals surface area contributed by atoms with Crippen LogP contribution in [-0.4, -0.2) is 58.4 Å². The summed E-state index contributed by atoms with van der Waals surface area (Å²) in [6, 6.07) is 15.4. The lowest BCUT2D eigenvalue weighted by Crippen LogP contribution is -2.64. The first-order valence-electron chi connectivity index (χ1n) is 10.6. The van der Waals surface area contributed by atoms with E-state index in [1.54, 1.807) is 13.1 Å². The van der Waals surface area contributed by atoms with Crippen molar-refractivity contribution in [2.75, 3.05) is 18.5 Å². The number of hydrogen-bond donors (Lipinski definition) is 0. The molecule has 3 heterocycles. The van der Waals surface area contributed by atoms with Crippen LogP contribution in [0.3, 0.4) is 0 Å². The number of imide groups is 1. The van der Waals surface area contributed by atoms with Gasteiger partial charge in [0.25, 0.3) is 5.91 Å². The first-order valence-corrected chi connectivity index (χ1v) is 10.6. The number of aryl methyl sites for hydroxylation is 2. The maximum absolute atomic E-state index is 13.4. The standard InChI is InChI=1S/C25H25N5O2/c1-5-13-28-23(31)21-22(27(4)25(28)32)26-24-29(21)15-20(18-9-7-6-8-10-18)30(24)19-12-11-16(2)14-17(19)3/h5-12,14-15,21-22H,1,13H2,2-4H3. The number of carbonyl (C=O) groups excluding carboxylic acids is 2. The molecule has 0 spiro atoms. The number of benzene rings is 2. The molecule has 7 heteroatoms. The monoisotopic (exact) mass is 427 g/mol. The van der Waals surface area contributed by atoms with Crippen LogP contribution < -0.4 is 4.90 Å². The van der Waals surface area contributed by atoms with E-state index in [4.69, 9.17) is 4.99 Å². The Hall–Kier alpha value is -3.87. The fraction of sp³-hybridized carbons (Fsp3) is 0.240. The summed E-state index contributed by atoms with van der Waals surface area (Å²) < 4.78 is 0. The van der Waals surface area contributed by atoms with E-state index in [0.717, 1.165) is 22.5 Å². The SMILES string of the molecule is C=CCN1C(=O)C2C(N=C3N(c4ccc(C)cc4C)C(c4ccccc4)=CN32)N(C)C1=O. The summed E-state index contributed by atoms with van der Waals surface area (Å²) in [5.41, 5.74) is 5.24. The molecule has 0 N–H and O–H groups in total. The quantitative estimate of drug-likeness (QED) is 0.700. The first-order chi connectivity index (χ1) is 15.4. The third-order valence-electron chi connectivity index (χ3n) is 6.19. The van der Waals surface area contributed by atoms with Crippen LogP contribution in [0.1, 0.15) is 16.7 Å². The number of hydrogen-bond acceptors (Lipinski definition) is 5. The van der Waals surface area contributed by atoms with Gasteiger partial charge in [-0.25, -0.2) is 9.79 Å². The molecular weight excluding hydrogens is 402 g/mol. The van der Waals surface area contributed by atoms with Crippen molar-refractivity contribution in [1.29, 1.82) is 0 Å². The molecule has 3 aliphatic heterocycles. The Morgan fingerprint density at radius 1 is 1.09 bits per heavy atom. The average molecular weight is 428 g/mol. The largest absolute Gasteiger partial charge is 0.328 e. The summed E-state index contributed by atoms with van der Waals surface area (Å²) in [7, 11) is 1.69. The minimum atomic E-state index is -0.609. The number of aliphatic imine (C=N–C) groups is 1. The maximum Gasteiger partial charge on any atom is 0.328 e. The van der Waals surface area contributed by atoms with Gasteiger partial charge in [0.15, 0.2) is 12.2 Å². The van der Waals surface area contributed by atoms with Gasteiger partial charge in [-0.1, -0.05) is 54.1 Å². The second-order valence-corrected chi connectivity index (χ2v) is 8.33. The molecule has 2 atom stereocenters. The number of carbonyl (C=O) groups is 2. The lowest BCUT2D eigenvalue weighted by Gasteiger charge is -2.39. The lowest BCUT2D eigenvalue weighted by molar-refractivity contribution is -0.136. The molecule has 0 bridgehead atoms. The van der Waals surface area contributed by atoms with Crippen LogP contribution in [0.25, 0.3) is 5.70 Å². The molecule has 162 valence electrons. The van der Waals surface area contributed by atoms with E-state index in [-0.39, 0.29) is 18.5 Å². The number of rotatable bonds is 4. The van der Waals surface area contributed by atoms with Crippen molar-refractivity contribution >= 4 is 29.3 Å². The van der Waals surface area contributed by atoms with Crippen molar-refractivity contribution in [2.24, 2.45) is 4.99 Å². The Kier molecular flexibility index (Phi) is 4.62. The van der Waals surface area contributed by atoms with E-state index in [1.165, 1.54) is 15.4 Å². The molecule has 2 aromatic rings. The fourth-order valence-electron chi connectivity index (χ4n) is 4.64. The molecule has 0 saturated carbocycles. The second-order valence-electron chi connectivity index (χ2n) is 8.33. The smallest absolute Gasteiger partial charge is 0.302 e. The van der Waals surface area contributed by atoms with E-state index in [9.17, 15) is 9.59 Å².